The first-order chi connectivity index (χ1) is 8.84. The van der Waals surface area contributed by atoms with Crippen molar-refractivity contribution >= 4 is 22.8 Å². The normalized spacial score (nSPS) is 10.4. The van der Waals surface area contributed by atoms with Crippen LogP contribution >= 0.6 is 0 Å². The first-order valence-electron chi connectivity index (χ1n) is 5.49. The van der Waals surface area contributed by atoms with Gasteiger partial charge in [0.15, 0.2) is 0 Å². The van der Waals surface area contributed by atoms with Crippen LogP contribution in [0.5, 0.6) is 0 Å². The van der Waals surface area contributed by atoms with Crippen molar-refractivity contribution in [3.05, 3.63) is 54.5 Å². The van der Waals surface area contributed by atoms with Gasteiger partial charge in [-0.1, -0.05) is 18.2 Å². The van der Waals surface area contributed by atoms with Crippen LogP contribution in [0.3, 0.4) is 0 Å². The van der Waals surface area contributed by atoms with Crippen LogP contribution in [0.2, 0.25) is 0 Å². The lowest BCUT2D eigenvalue weighted by Crippen LogP contribution is -2.13. The Hall–Kier alpha value is -2.69. The van der Waals surface area contributed by atoms with Crippen molar-refractivity contribution in [3.63, 3.8) is 0 Å². The van der Waals surface area contributed by atoms with Crippen LogP contribution < -0.4 is 5.32 Å². The summed E-state index contributed by atoms with van der Waals surface area (Å²) in [4.78, 5) is 23.1. The quantitative estimate of drug-likeness (QED) is 0.719. The zero-order chi connectivity index (χ0) is 12.4. The first kappa shape index (κ1) is 10.5. The number of pyridine rings is 1. The zero-order valence-electron chi connectivity index (χ0n) is 9.42. The van der Waals surface area contributed by atoms with E-state index in [1.54, 1.807) is 24.7 Å². The number of carbonyl (C=O) groups is 1. The largest absolute Gasteiger partial charge is 0.331 e. The predicted octanol–water partition coefficient (Wildman–Crippen LogP) is 2.21. The van der Waals surface area contributed by atoms with Crippen molar-refractivity contribution in [2.45, 2.75) is 0 Å². The fraction of sp³-hybridized carbons (Fsp3) is 0. The molecule has 0 spiro atoms. The van der Waals surface area contributed by atoms with Gasteiger partial charge in [-0.05, 0) is 12.1 Å². The number of carbonyl (C=O) groups excluding carboxylic acids is 1. The number of aromatic amines is 1. The van der Waals surface area contributed by atoms with E-state index in [1.165, 1.54) is 0 Å². The third kappa shape index (κ3) is 1.82. The number of fused-ring (bicyclic) bond motifs is 1. The Morgan fingerprint density at radius 2 is 2.00 bits per heavy atom. The van der Waals surface area contributed by atoms with Crippen LogP contribution in [0.15, 0.2) is 48.9 Å². The molecule has 0 aliphatic rings. The number of hydrogen-bond donors (Lipinski definition) is 2. The molecule has 2 N–H and O–H groups in total. The Balaban J connectivity index is 2.01. The summed E-state index contributed by atoms with van der Waals surface area (Å²) < 4.78 is 0. The van der Waals surface area contributed by atoms with Gasteiger partial charge in [0.05, 0.1) is 11.1 Å². The summed E-state index contributed by atoms with van der Waals surface area (Å²) in [5, 5.41) is 3.62. The molecule has 0 aliphatic carbocycles. The zero-order valence-corrected chi connectivity index (χ0v) is 9.42. The van der Waals surface area contributed by atoms with Gasteiger partial charge >= 0.3 is 0 Å². The lowest BCUT2D eigenvalue weighted by Gasteiger charge is -2.05. The van der Waals surface area contributed by atoms with Gasteiger partial charge in [-0.2, -0.15) is 0 Å². The molecule has 18 heavy (non-hydrogen) atoms. The molecule has 2 aromatic heterocycles. The summed E-state index contributed by atoms with van der Waals surface area (Å²) in [5.41, 5.74) is 1.22. The molecule has 0 atom stereocenters. The van der Waals surface area contributed by atoms with Crippen molar-refractivity contribution in [3.8, 4) is 0 Å². The summed E-state index contributed by atoms with van der Waals surface area (Å²) in [6.07, 6.45) is 4.90. The summed E-state index contributed by atoms with van der Waals surface area (Å²) in [6, 6.07) is 9.27. The van der Waals surface area contributed by atoms with Gasteiger partial charge < -0.3 is 4.98 Å². The highest BCUT2D eigenvalue weighted by molar-refractivity contribution is 6.11. The molecule has 3 rings (SSSR count). The molecule has 5 nitrogen and oxygen atoms in total. The summed E-state index contributed by atoms with van der Waals surface area (Å²) in [5.74, 6) is 0.196. The summed E-state index contributed by atoms with van der Waals surface area (Å²) in [6.45, 7) is 0. The number of benzene rings is 1. The second kappa shape index (κ2) is 4.29. The van der Waals surface area contributed by atoms with Gasteiger partial charge in [0.1, 0.15) is 0 Å². The fourth-order valence-electron chi connectivity index (χ4n) is 1.80. The Bertz CT molecular complexity index is 686. The molecule has 0 radical (unpaired) electrons. The minimum absolute atomic E-state index is 0.228. The highest BCUT2D eigenvalue weighted by atomic mass is 16.1. The minimum Gasteiger partial charge on any atom is -0.331 e. The Labute approximate surface area is 103 Å². The maximum absolute atomic E-state index is 12.1. The van der Waals surface area contributed by atoms with Crippen molar-refractivity contribution < 1.29 is 4.79 Å². The number of rotatable bonds is 2. The maximum atomic E-state index is 12.1. The maximum Gasteiger partial charge on any atom is 0.260 e. The standard InChI is InChI=1S/C13H10N4O/c18-12(17-13-15-7-8-16-13)10-5-1-3-9-4-2-6-14-11(9)10/h1-8H,(H2,15,16,17,18). The van der Waals surface area contributed by atoms with Crippen LogP contribution in [0.1, 0.15) is 10.4 Å². The molecule has 1 amide bonds. The minimum atomic E-state index is -0.228. The summed E-state index contributed by atoms with van der Waals surface area (Å²) >= 11 is 0. The molecule has 0 saturated heterocycles. The van der Waals surface area contributed by atoms with Crippen LogP contribution in [0, 0.1) is 0 Å². The van der Waals surface area contributed by atoms with E-state index in [-0.39, 0.29) is 5.91 Å². The van der Waals surface area contributed by atoms with Gasteiger partial charge in [-0.25, -0.2) is 4.98 Å². The number of para-hydroxylation sites is 1. The average Bonchev–Trinajstić information content (AvgIpc) is 2.91. The molecule has 0 fully saturated rings. The lowest BCUT2D eigenvalue weighted by molar-refractivity contribution is 0.102. The number of H-pyrrole nitrogens is 1. The van der Waals surface area contributed by atoms with E-state index in [2.05, 4.69) is 20.3 Å². The number of hydrogen-bond acceptors (Lipinski definition) is 3. The second-order valence-electron chi connectivity index (χ2n) is 3.77. The molecule has 2 heterocycles. The predicted molar refractivity (Wildman–Crippen MR) is 68.3 cm³/mol. The van der Waals surface area contributed by atoms with Gasteiger partial charge in [0.25, 0.3) is 5.91 Å². The van der Waals surface area contributed by atoms with Gasteiger partial charge in [-0.15, -0.1) is 0 Å². The number of amides is 1. The SMILES string of the molecule is O=C(Nc1ncc[nH]1)c1cccc2cccnc12. The topological polar surface area (TPSA) is 70.7 Å². The summed E-state index contributed by atoms with van der Waals surface area (Å²) in [7, 11) is 0. The van der Waals surface area contributed by atoms with E-state index in [0.29, 0.717) is 17.0 Å². The molecular weight excluding hydrogens is 228 g/mol. The highest BCUT2D eigenvalue weighted by Crippen LogP contribution is 2.16. The third-order valence-electron chi connectivity index (χ3n) is 2.61. The first-order valence-corrected chi connectivity index (χ1v) is 5.49. The van der Waals surface area contributed by atoms with E-state index in [1.807, 2.05) is 24.3 Å². The molecule has 5 heteroatoms. The lowest BCUT2D eigenvalue weighted by atomic mass is 10.1. The number of nitrogens with zero attached hydrogens (tertiary/aromatic N) is 2. The van der Waals surface area contributed by atoms with Gasteiger partial charge in [-0.3, -0.25) is 15.1 Å². The number of anilines is 1. The van der Waals surface area contributed by atoms with Gasteiger partial charge in [0, 0.05) is 24.0 Å². The average molecular weight is 238 g/mol. The van der Waals surface area contributed by atoms with E-state index < -0.39 is 0 Å². The molecule has 0 bridgehead atoms. The molecule has 0 unspecified atom stereocenters. The molecule has 0 aliphatic heterocycles. The highest BCUT2D eigenvalue weighted by Gasteiger charge is 2.11. The Morgan fingerprint density at radius 1 is 1.11 bits per heavy atom. The monoisotopic (exact) mass is 238 g/mol. The molecule has 88 valence electrons. The van der Waals surface area contributed by atoms with Crippen LogP contribution in [-0.2, 0) is 0 Å². The second-order valence-corrected chi connectivity index (χ2v) is 3.77. The molecule has 1 aromatic carbocycles. The molecule has 3 aromatic rings. The third-order valence-corrected chi connectivity index (χ3v) is 2.61. The van der Waals surface area contributed by atoms with Crippen LogP contribution in [0.25, 0.3) is 10.9 Å². The van der Waals surface area contributed by atoms with E-state index in [4.69, 9.17) is 0 Å². The Morgan fingerprint density at radius 3 is 2.83 bits per heavy atom. The van der Waals surface area contributed by atoms with Crippen molar-refractivity contribution in [1.82, 2.24) is 15.0 Å². The van der Waals surface area contributed by atoms with Crippen molar-refractivity contribution in [2.24, 2.45) is 0 Å². The number of imidazole rings is 1. The molecular formula is C13H10N4O. The van der Waals surface area contributed by atoms with E-state index >= 15 is 0 Å². The Kier molecular flexibility index (Phi) is 2.49. The smallest absolute Gasteiger partial charge is 0.260 e. The van der Waals surface area contributed by atoms with E-state index in [9.17, 15) is 4.79 Å². The fourth-order valence-corrected chi connectivity index (χ4v) is 1.80. The molecule has 0 saturated carbocycles. The van der Waals surface area contributed by atoms with Gasteiger partial charge in [0.2, 0.25) is 5.95 Å². The van der Waals surface area contributed by atoms with E-state index in [0.717, 1.165) is 5.39 Å². The number of aromatic nitrogens is 3. The van der Waals surface area contributed by atoms with Crippen LogP contribution in [-0.4, -0.2) is 20.9 Å². The van der Waals surface area contributed by atoms with Crippen molar-refractivity contribution in [1.29, 1.82) is 0 Å². The number of nitrogens with one attached hydrogen (secondary N) is 2. The van der Waals surface area contributed by atoms with Crippen LogP contribution in [0.4, 0.5) is 5.95 Å². The van der Waals surface area contributed by atoms with Crippen molar-refractivity contribution in [2.75, 3.05) is 5.32 Å².